The lowest BCUT2D eigenvalue weighted by Crippen LogP contribution is -2.42. The van der Waals surface area contributed by atoms with E-state index in [1.165, 1.54) is 17.3 Å². The fourth-order valence-electron chi connectivity index (χ4n) is 2.73. The number of aryl methyl sites for hydroxylation is 2. The minimum Gasteiger partial charge on any atom is -0.354 e. The summed E-state index contributed by atoms with van der Waals surface area (Å²) in [4.78, 5) is 4.24. The molecule has 25 heavy (non-hydrogen) atoms. The first-order valence-electron chi connectivity index (χ1n) is 8.22. The van der Waals surface area contributed by atoms with Gasteiger partial charge >= 0.3 is 0 Å². The SMILES string of the molecule is CN=C(NCc1ccc(F)c(Cl)c1)NC(C)Cc1c(C)nn(C)c1C. The quantitative estimate of drug-likeness (QED) is 0.632. The van der Waals surface area contributed by atoms with Gasteiger partial charge in [-0.25, -0.2) is 4.39 Å². The summed E-state index contributed by atoms with van der Waals surface area (Å²) < 4.78 is 15.1. The number of nitrogens with zero attached hydrogens (tertiary/aromatic N) is 3. The van der Waals surface area contributed by atoms with Gasteiger partial charge in [0.15, 0.2) is 5.96 Å². The molecule has 0 aliphatic carbocycles. The zero-order chi connectivity index (χ0) is 18.6. The third-order valence-electron chi connectivity index (χ3n) is 4.22. The fraction of sp³-hybridized carbons (Fsp3) is 0.444. The summed E-state index contributed by atoms with van der Waals surface area (Å²) in [5.74, 6) is 0.274. The van der Waals surface area contributed by atoms with Gasteiger partial charge in [0.25, 0.3) is 0 Å². The molecule has 2 rings (SSSR count). The van der Waals surface area contributed by atoms with Gasteiger partial charge in [-0.1, -0.05) is 17.7 Å². The Kier molecular flexibility index (Phi) is 6.42. The van der Waals surface area contributed by atoms with Crippen molar-refractivity contribution in [1.82, 2.24) is 20.4 Å². The molecule has 1 heterocycles. The number of benzene rings is 1. The minimum atomic E-state index is -0.413. The highest BCUT2D eigenvalue weighted by molar-refractivity contribution is 6.30. The average Bonchev–Trinajstić information content (AvgIpc) is 2.80. The van der Waals surface area contributed by atoms with E-state index in [4.69, 9.17) is 11.6 Å². The highest BCUT2D eigenvalue weighted by atomic mass is 35.5. The molecular weight excluding hydrogens is 341 g/mol. The Morgan fingerprint density at radius 3 is 2.68 bits per heavy atom. The van der Waals surface area contributed by atoms with E-state index in [-0.39, 0.29) is 11.1 Å². The summed E-state index contributed by atoms with van der Waals surface area (Å²) in [5.41, 5.74) is 4.37. The van der Waals surface area contributed by atoms with Crippen LogP contribution in [0, 0.1) is 19.7 Å². The molecule has 5 nitrogen and oxygen atoms in total. The number of hydrogen-bond acceptors (Lipinski definition) is 2. The number of hydrogen-bond donors (Lipinski definition) is 2. The predicted octanol–water partition coefficient (Wildman–Crippen LogP) is 3.13. The van der Waals surface area contributed by atoms with Gasteiger partial charge in [-0.15, -0.1) is 0 Å². The molecule has 0 spiro atoms. The Morgan fingerprint density at radius 1 is 1.40 bits per heavy atom. The molecule has 0 aliphatic rings. The second-order valence-electron chi connectivity index (χ2n) is 6.20. The molecular formula is C18H25ClFN5. The lowest BCUT2D eigenvalue weighted by Gasteiger charge is -2.18. The first kappa shape index (κ1) is 19.2. The van der Waals surface area contributed by atoms with Crippen molar-refractivity contribution in [2.24, 2.45) is 12.0 Å². The normalized spacial score (nSPS) is 13.0. The average molecular weight is 366 g/mol. The molecule has 0 saturated heterocycles. The van der Waals surface area contributed by atoms with E-state index in [2.05, 4.69) is 34.6 Å². The van der Waals surface area contributed by atoms with E-state index in [0.717, 1.165) is 17.7 Å². The van der Waals surface area contributed by atoms with Crippen molar-refractivity contribution in [1.29, 1.82) is 0 Å². The highest BCUT2D eigenvalue weighted by Crippen LogP contribution is 2.16. The maximum Gasteiger partial charge on any atom is 0.191 e. The number of nitrogens with one attached hydrogen (secondary N) is 2. The standard InChI is InChI=1S/C18H25ClFN5/c1-11(8-15-12(2)24-25(5)13(15)3)23-18(21-4)22-10-14-6-7-17(20)16(19)9-14/h6-7,9,11H,8,10H2,1-5H3,(H2,21,22,23). The van der Waals surface area contributed by atoms with Gasteiger partial charge in [-0.05, 0) is 50.5 Å². The van der Waals surface area contributed by atoms with Gasteiger partial charge < -0.3 is 10.6 Å². The zero-order valence-corrected chi connectivity index (χ0v) is 16.1. The molecule has 136 valence electrons. The van der Waals surface area contributed by atoms with Crippen molar-refractivity contribution >= 4 is 17.6 Å². The fourth-order valence-corrected chi connectivity index (χ4v) is 2.94. The Bertz CT molecular complexity index is 769. The van der Waals surface area contributed by atoms with Gasteiger partial charge in [0.1, 0.15) is 5.82 Å². The zero-order valence-electron chi connectivity index (χ0n) is 15.3. The van der Waals surface area contributed by atoms with Gasteiger partial charge in [0.05, 0.1) is 10.7 Å². The summed E-state index contributed by atoms with van der Waals surface area (Å²) in [7, 11) is 3.68. The van der Waals surface area contributed by atoms with Crippen molar-refractivity contribution < 1.29 is 4.39 Å². The molecule has 0 aliphatic heterocycles. The first-order chi connectivity index (χ1) is 11.8. The summed E-state index contributed by atoms with van der Waals surface area (Å²) in [6.07, 6.45) is 0.856. The van der Waals surface area contributed by atoms with Crippen molar-refractivity contribution in [2.45, 2.75) is 39.8 Å². The molecule has 0 bridgehead atoms. The summed E-state index contributed by atoms with van der Waals surface area (Å²) in [6.45, 7) is 6.72. The van der Waals surface area contributed by atoms with Crippen molar-refractivity contribution in [3.8, 4) is 0 Å². The molecule has 0 radical (unpaired) electrons. The predicted molar refractivity (Wildman–Crippen MR) is 101 cm³/mol. The Balaban J connectivity index is 1.93. The number of halogens is 2. The van der Waals surface area contributed by atoms with Crippen LogP contribution in [-0.4, -0.2) is 28.8 Å². The number of guanidine groups is 1. The summed E-state index contributed by atoms with van der Waals surface area (Å²) in [6, 6.07) is 4.87. The van der Waals surface area contributed by atoms with Crippen LogP contribution in [0.15, 0.2) is 23.2 Å². The summed E-state index contributed by atoms with van der Waals surface area (Å²) >= 11 is 5.81. The molecule has 2 N–H and O–H groups in total. The molecule has 0 fully saturated rings. The maximum absolute atomic E-state index is 13.2. The van der Waals surface area contributed by atoms with E-state index in [9.17, 15) is 4.39 Å². The number of aromatic nitrogens is 2. The van der Waals surface area contributed by atoms with E-state index in [1.54, 1.807) is 19.2 Å². The Hall–Kier alpha value is -2.08. The molecule has 0 amide bonds. The highest BCUT2D eigenvalue weighted by Gasteiger charge is 2.14. The topological polar surface area (TPSA) is 54.2 Å². The third-order valence-corrected chi connectivity index (χ3v) is 4.51. The molecule has 1 unspecified atom stereocenters. The van der Waals surface area contributed by atoms with Crippen LogP contribution in [0.1, 0.15) is 29.4 Å². The second-order valence-corrected chi connectivity index (χ2v) is 6.60. The first-order valence-corrected chi connectivity index (χ1v) is 8.59. The van der Waals surface area contributed by atoms with E-state index >= 15 is 0 Å². The Morgan fingerprint density at radius 2 is 2.12 bits per heavy atom. The van der Waals surface area contributed by atoms with Crippen LogP contribution in [-0.2, 0) is 20.0 Å². The lowest BCUT2D eigenvalue weighted by molar-refractivity contribution is 0.625. The van der Waals surface area contributed by atoms with Gasteiger partial charge in [-0.3, -0.25) is 9.67 Å². The van der Waals surface area contributed by atoms with E-state index < -0.39 is 5.82 Å². The third kappa shape index (κ3) is 4.95. The van der Waals surface area contributed by atoms with E-state index in [0.29, 0.717) is 12.5 Å². The van der Waals surface area contributed by atoms with Crippen LogP contribution in [0.5, 0.6) is 0 Å². The van der Waals surface area contributed by atoms with Gasteiger partial charge in [0, 0.05) is 32.4 Å². The molecule has 0 saturated carbocycles. The molecule has 1 atom stereocenters. The van der Waals surface area contributed by atoms with Crippen LogP contribution >= 0.6 is 11.6 Å². The van der Waals surface area contributed by atoms with Crippen LogP contribution in [0.3, 0.4) is 0 Å². The monoisotopic (exact) mass is 365 g/mol. The van der Waals surface area contributed by atoms with Gasteiger partial charge in [-0.2, -0.15) is 5.10 Å². The minimum absolute atomic E-state index is 0.123. The molecule has 1 aromatic heterocycles. The molecule has 1 aromatic carbocycles. The lowest BCUT2D eigenvalue weighted by atomic mass is 10.1. The van der Waals surface area contributed by atoms with E-state index in [1.807, 2.05) is 18.7 Å². The van der Waals surface area contributed by atoms with Crippen LogP contribution in [0.2, 0.25) is 5.02 Å². The molecule has 7 heteroatoms. The smallest absolute Gasteiger partial charge is 0.191 e. The number of aliphatic imine (C=N–C) groups is 1. The Labute approximate surface area is 153 Å². The summed E-state index contributed by atoms with van der Waals surface area (Å²) in [5, 5.41) is 11.2. The van der Waals surface area contributed by atoms with Crippen LogP contribution in [0.25, 0.3) is 0 Å². The van der Waals surface area contributed by atoms with Crippen molar-refractivity contribution in [2.75, 3.05) is 7.05 Å². The number of rotatable bonds is 5. The van der Waals surface area contributed by atoms with Gasteiger partial charge in [0.2, 0.25) is 0 Å². The van der Waals surface area contributed by atoms with Crippen molar-refractivity contribution in [3.63, 3.8) is 0 Å². The van der Waals surface area contributed by atoms with Crippen molar-refractivity contribution in [3.05, 3.63) is 51.6 Å². The molecule has 2 aromatic rings. The van der Waals surface area contributed by atoms with Crippen LogP contribution in [0.4, 0.5) is 4.39 Å². The largest absolute Gasteiger partial charge is 0.354 e. The second kappa shape index (κ2) is 8.34. The maximum atomic E-state index is 13.2. The van der Waals surface area contributed by atoms with Crippen LogP contribution < -0.4 is 10.6 Å².